The van der Waals surface area contributed by atoms with Crippen LogP contribution in [0.15, 0.2) is 77.0 Å². The van der Waals surface area contributed by atoms with Crippen LogP contribution in [0.5, 0.6) is 0 Å². The second-order valence-corrected chi connectivity index (χ2v) is 6.26. The maximum Gasteiger partial charge on any atom is 0.257 e. The molecule has 7 nitrogen and oxygen atoms in total. The molecule has 1 N–H and O–H groups in total. The van der Waals surface area contributed by atoms with E-state index in [2.05, 4.69) is 20.4 Å². The number of guanidine groups is 1. The molecule has 2 aliphatic heterocycles. The summed E-state index contributed by atoms with van der Waals surface area (Å²) in [6.45, 7) is 1.40. The topological polar surface area (TPSA) is 74.9 Å². The molecule has 7 heteroatoms. The molecule has 0 aliphatic carbocycles. The van der Waals surface area contributed by atoms with Crippen molar-refractivity contribution in [3.8, 4) is 5.69 Å². The molecule has 27 heavy (non-hydrogen) atoms. The molecule has 0 atom stereocenters. The third-order valence-electron chi connectivity index (χ3n) is 4.59. The molecule has 3 heterocycles. The molecular formula is C20H16N6O. The zero-order chi connectivity index (χ0) is 18.2. The van der Waals surface area contributed by atoms with Crippen LogP contribution in [0.2, 0.25) is 0 Å². The Morgan fingerprint density at radius 1 is 1.04 bits per heavy atom. The van der Waals surface area contributed by atoms with Gasteiger partial charge in [0.25, 0.3) is 5.91 Å². The molecule has 0 saturated carbocycles. The number of hydrogen-bond acceptors (Lipinski definition) is 5. The van der Waals surface area contributed by atoms with Crippen LogP contribution in [-0.2, 0) is 0 Å². The number of benzene rings is 2. The maximum absolute atomic E-state index is 12.7. The predicted octanol–water partition coefficient (Wildman–Crippen LogP) is 2.37. The Labute approximate surface area is 155 Å². The average molecular weight is 356 g/mol. The van der Waals surface area contributed by atoms with E-state index in [9.17, 15) is 4.79 Å². The molecule has 0 radical (unpaired) electrons. The van der Waals surface area contributed by atoms with Gasteiger partial charge in [0.05, 0.1) is 17.9 Å². The van der Waals surface area contributed by atoms with E-state index in [-0.39, 0.29) is 5.91 Å². The Morgan fingerprint density at radius 2 is 1.89 bits per heavy atom. The van der Waals surface area contributed by atoms with Crippen molar-refractivity contribution < 1.29 is 4.79 Å². The molecule has 0 spiro atoms. The number of carbonyl (C=O) groups excluding carboxylic acids is 1. The van der Waals surface area contributed by atoms with Gasteiger partial charge < -0.3 is 0 Å². The van der Waals surface area contributed by atoms with Gasteiger partial charge >= 0.3 is 0 Å². The Hall–Kier alpha value is -3.74. The van der Waals surface area contributed by atoms with Gasteiger partial charge in [-0.05, 0) is 42.5 Å². The molecule has 0 saturated heterocycles. The molecule has 3 aromatic rings. The van der Waals surface area contributed by atoms with E-state index >= 15 is 0 Å². The molecule has 132 valence electrons. The van der Waals surface area contributed by atoms with E-state index in [1.807, 2.05) is 53.6 Å². The van der Waals surface area contributed by atoms with Crippen molar-refractivity contribution in [2.75, 3.05) is 13.1 Å². The van der Waals surface area contributed by atoms with Crippen molar-refractivity contribution in [1.82, 2.24) is 20.0 Å². The van der Waals surface area contributed by atoms with Crippen LogP contribution in [0.3, 0.4) is 0 Å². The van der Waals surface area contributed by atoms with E-state index in [0.717, 1.165) is 22.8 Å². The Bertz CT molecular complexity index is 1070. The van der Waals surface area contributed by atoms with Gasteiger partial charge in [0.15, 0.2) is 0 Å². The summed E-state index contributed by atoms with van der Waals surface area (Å²) >= 11 is 0. The fourth-order valence-corrected chi connectivity index (χ4v) is 3.27. The highest BCUT2D eigenvalue weighted by Gasteiger charge is 2.30. The van der Waals surface area contributed by atoms with Crippen LogP contribution in [0.1, 0.15) is 15.9 Å². The van der Waals surface area contributed by atoms with E-state index in [4.69, 9.17) is 0 Å². The highest BCUT2D eigenvalue weighted by atomic mass is 16.1. The zero-order valence-corrected chi connectivity index (χ0v) is 14.4. The molecule has 1 aromatic heterocycles. The van der Waals surface area contributed by atoms with Crippen LogP contribution in [0.4, 0.5) is 5.69 Å². The van der Waals surface area contributed by atoms with E-state index in [1.54, 1.807) is 23.0 Å². The van der Waals surface area contributed by atoms with Gasteiger partial charge in [0.2, 0.25) is 5.96 Å². The summed E-state index contributed by atoms with van der Waals surface area (Å²) < 4.78 is 1.75. The molecular weight excluding hydrogens is 340 g/mol. The zero-order valence-electron chi connectivity index (χ0n) is 14.4. The standard InChI is InChI=1S/C20H16N6O/c27-19(14-6-8-15(9-7-14)26-12-3-10-22-26)24-20-23-17-5-2-1-4-16(17)18-21-11-13-25(18)20/h1-10,12H,11,13H2,(H,23,24,27). The Morgan fingerprint density at radius 3 is 2.70 bits per heavy atom. The Balaban J connectivity index is 1.41. The summed E-state index contributed by atoms with van der Waals surface area (Å²) in [7, 11) is 0. The summed E-state index contributed by atoms with van der Waals surface area (Å²) in [4.78, 5) is 23.9. The van der Waals surface area contributed by atoms with Crippen LogP contribution >= 0.6 is 0 Å². The predicted molar refractivity (Wildman–Crippen MR) is 103 cm³/mol. The van der Waals surface area contributed by atoms with Gasteiger partial charge in [0.1, 0.15) is 5.84 Å². The van der Waals surface area contributed by atoms with Gasteiger partial charge in [-0.2, -0.15) is 5.10 Å². The number of nitrogens with zero attached hydrogens (tertiary/aromatic N) is 5. The molecule has 2 aliphatic rings. The summed E-state index contributed by atoms with van der Waals surface area (Å²) in [6.07, 6.45) is 3.58. The number of para-hydroxylation sites is 1. The van der Waals surface area contributed by atoms with Crippen LogP contribution in [0, 0.1) is 0 Å². The van der Waals surface area contributed by atoms with Crippen molar-refractivity contribution in [2.45, 2.75) is 0 Å². The second-order valence-electron chi connectivity index (χ2n) is 6.26. The van der Waals surface area contributed by atoms with E-state index in [1.165, 1.54) is 0 Å². The van der Waals surface area contributed by atoms with Gasteiger partial charge in [-0.1, -0.05) is 12.1 Å². The molecule has 5 rings (SSSR count). The van der Waals surface area contributed by atoms with Gasteiger partial charge in [0, 0.05) is 30.1 Å². The lowest BCUT2D eigenvalue weighted by Crippen LogP contribution is -2.47. The lowest BCUT2D eigenvalue weighted by molar-refractivity contribution is 0.0974. The first-order chi connectivity index (χ1) is 13.3. The number of amides is 1. The first-order valence-corrected chi connectivity index (χ1v) is 8.71. The lowest BCUT2D eigenvalue weighted by Gasteiger charge is -2.27. The fourth-order valence-electron chi connectivity index (χ4n) is 3.27. The third-order valence-corrected chi connectivity index (χ3v) is 4.59. The largest absolute Gasteiger partial charge is 0.294 e. The van der Waals surface area contributed by atoms with E-state index < -0.39 is 0 Å². The molecule has 0 unspecified atom stereocenters. The smallest absolute Gasteiger partial charge is 0.257 e. The monoisotopic (exact) mass is 356 g/mol. The highest BCUT2D eigenvalue weighted by molar-refractivity contribution is 6.19. The summed E-state index contributed by atoms with van der Waals surface area (Å²) in [6, 6.07) is 17.0. The van der Waals surface area contributed by atoms with Gasteiger partial charge in [-0.3, -0.25) is 20.0 Å². The minimum absolute atomic E-state index is 0.202. The average Bonchev–Trinajstić information content (AvgIpc) is 3.40. The number of fused-ring (bicyclic) bond motifs is 3. The number of hydrogen-bond donors (Lipinski definition) is 1. The minimum atomic E-state index is -0.202. The SMILES string of the molecule is O=C(NC1=Nc2ccccc2C2=NCCN12)c1ccc(-n2cccn2)cc1. The number of amidine groups is 1. The number of nitrogens with one attached hydrogen (secondary N) is 1. The van der Waals surface area contributed by atoms with Gasteiger partial charge in [-0.15, -0.1) is 0 Å². The van der Waals surface area contributed by atoms with Crippen LogP contribution < -0.4 is 5.32 Å². The minimum Gasteiger partial charge on any atom is -0.294 e. The lowest BCUT2D eigenvalue weighted by atomic mass is 10.1. The first kappa shape index (κ1) is 15.5. The van der Waals surface area contributed by atoms with Crippen molar-refractivity contribution in [3.63, 3.8) is 0 Å². The Kier molecular flexibility index (Phi) is 3.57. The molecule has 0 fully saturated rings. The normalized spacial score (nSPS) is 14.9. The summed E-state index contributed by atoms with van der Waals surface area (Å²) in [5.74, 6) is 1.18. The fraction of sp³-hybridized carbons (Fsp3) is 0.100. The molecule has 1 amide bonds. The number of carbonyl (C=O) groups is 1. The molecule has 2 aromatic carbocycles. The number of aliphatic imine (C=N–C) groups is 2. The van der Waals surface area contributed by atoms with Crippen molar-refractivity contribution >= 4 is 23.4 Å². The summed E-state index contributed by atoms with van der Waals surface area (Å²) in [5.41, 5.74) is 3.27. The summed E-state index contributed by atoms with van der Waals surface area (Å²) in [5, 5.41) is 7.12. The van der Waals surface area contributed by atoms with E-state index in [0.29, 0.717) is 24.6 Å². The third kappa shape index (κ3) is 2.69. The number of rotatable bonds is 2. The molecule has 0 bridgehead atoms. The van der Waals surface area contributed by atoms with Gasteiger partial charge in [-0.25, -0.2) is 9.67 Å². The highest BCUT2D eigenvalue weighted by Crippen LogP contribution is 2.27. The maximum atomic E-state index is 12.7. The van der Waals surface area contributed by atoms with Crippen molar-refractivity contribution in [3.05, 3.63) is 78.1 Å². The quantitative estimate of drug-likeness (QED) is 0.766. The number of aromatic nitrogens is 2. The van der Waals surface area contributed by atoms with Crippen LogP contribution in [-0.4, -0.2) is 45.5 Å². The van der Waals surface area contributed by atoms with Crippen molar-refractivity contribution in [1.29, 1.82) is 0 Å². The first-order valence-electron chi connectivity index (χ1n) is 8.71. The van der Waals surface area contributed by atoms with Crippen LogP contribution in [0.25, 0.3) is 5.69 Å². The second kappa shape index (κ2) is 6.21. The van der Waals surface area contributed by atoms with Crippen molar-refractivity contribution in [2.24, 2.45) is 9.98 Å².